The van der Waals surface area contributed by atoms with E-state index >= 15 is 0 Å². The van der Waals surface area contributed by atoms with Crippen LogP contribution in [0.15, 0.2) is 96.4 Å². The Labute approximate surface area is 181 Å². The minimum Gasteiger partial charge on any atom is -0.454 e. The van der Waals surface area contributed by atoms with Crippen LogP contribution >= 0.6 is 0 Å². The fraction of sp³-hybridized carbons (Fsp3) is 0.125. The molecule has 3 aromatic carbocycles. The first-order chi connectivity index (χ1) is 14.8. The Morgan fingerprint density at radius 3 is 2.39 bits per heavy atom. The van der Waals surface area contributed by atoms with Crippen molar-refractivity contribution in [3.63, 3.8) is 0 Å². The number of benzene rings is 3. The lowest BCUT2D eigenvalue weighted by atomic mass is 10.1. The number of para-hydroxylation sites is 1. The third kappa shape index (κ3) is 5.19. The van der Waals surface area contributed by atoms with E-state index in [1.807, 2.05) is 0 Å². The van der Waals surface area contributed by atoms with Gasteiger partial charge in [-0.2, -0.15) is 0 Å². The summed E-state index contributed by atoms with van der Waals surface area (Å²) in [6.07, 6.45) is 0.863. The molecule has 0 heterocycles. The molecule has 7 heteroatoms. The van der Waals surface area contributed by atoms with Gasteiger partial charge in [-0.1, -0.05) is 42.5 Å². The van der Waals surface area contributed by atoms with Gasteiger partial charge in [0.05, 0.1) is 22.7 Å². The first kappa shape index (κ1) is 22.2. The lowest BCUT2D eigenvalue weighted by Crippen LogP contribution is -2.31. The van der Waals surface area contributed by atoms with Gasteiger partial charge in [-0.25, -0.2) is 17.6 Å². The van der Waals surface area contributed by atoms with Crippen LogP contribution in [-0.4, -0.2) is 20.9 Å². The Morgan fingerprint density at radius 2 is 1.74 bits per heavy atom. The van der Waals surface area contributed by atoms with E-state index in [1.54, 1.807) is 37.3 Å². The average Bonchev–Trinajstić information content (AvgIpc) is 2.78. The third-order valence-corrected chi connectivity index (χ3v) is 6.41. The van der Waals surface area contributed by atoms with E-state index < -0.39 is 22.1 Å². The molecule has 160 valence electrons. The molecule has 0 spiro atoms. The SMILES string of the molecule is C=CCN(c1ccccc1)S(=O)(=O)c1cccc(C(=O)OC(C)c2ccc(F)cc2)c1. The highest BCUT2D eigenvalue weighted by molar-refractivity contribution is 7.92. The van der Waals surface area contributed by atoms with Crippen molar-refractivity contribution in [1.29, 1.82) is 0 Å². The van der Waals surface area contributed by atoms with Crippen LogP contribution in [0.3, 0.4) is 0 Å². The van der Waals surface area contributed by atoms with Gasteiger partial charge in [0.15, 0.2) is 0 Å². The number of anilines is 1. The molecule has 0 aliphatic rings. The van der Waals surface area contributed by atoms with E-state index in [0.29, 0.717) is 11.3 Å². The number of hydrogen-bond acceptors (Lipinski definition) is 4. The van der Waals surface area contributed by atoms with Gasteiger partial charge in [-0.15, -0.1) is 6.58 Å². The number of ether oxygens (including phenoxy) is 1. The molecule has 0 N–H and O–H groups in total. The van der Waals surface area contributed by atoms with Gasteiger partial charge < -0.3 is 4.74 Å². The smallest absolute Gasteiger partial charge is 0.338 e. The van der Waals surface area contributed by atoms with Crippen LogP contribution in [0.25, 0.3) is 0 Å². The van der Waals surface area contributed by atoms with E-state index in [0.717, 1.165) is 0 Å². The summed E-state index contributed by atoms with van der Waals surface area (Å²) in [4.78, 5) is 12.6. The van der Waals surface area contributed by atoms with Crippen molar-refractivity contribution >= 4 is 21.7 Å². The molecular weight excluding hydrogens is 417 g/mol. The topological polar surface area (TPSA) is 63.7 Å². The monoisotopic (exact) mass is 439 g/mol. The number of halogens is 1. The summed E-state index contributed by atoms with van der Waals surface area (Å²) in [6, 6.07) is 20.0. The fourth-order valence-corrected chi connectivity index (χ4v) is 4.48. The first-order valence-corrected chi connectivity index (χ1v) is 11.0. The highest BCUT2D eigenvalue weighted by Gasteiger charge is 2.25. The summed E-state index contributed by atoms with van der Waals surface area (Å²) < 4.78 is 46.3. The van der Waals surface area contributed by atoms with Crippen LogP contribution in [0.2, 0.25) is 0 Å². The van der Waals surface area contributed by atoms with Crippen molar-refractivity contribution in [2.75, 3.05) is 10.8 Å². The highest BCUT2D eigenvalue weighted by Crippen LogP contribution is 2.25. The molecule has 1 unspecified atom stereocenters. The number of esters is 1. The van der Waals surface area contributed by atoms with Gasteiger partial charge in [0, 0.05) is 0 Å². The van der Waals surface area contributed by atoms with Crippen molar-refractivity contribution in [2.24, 2.45) is 0 Å². The van der Waals surface area contributed by atoms with Crippen LogP contribution < -0.4 is 4.31 Å². The zero-order valence-electron chi connectivity index (χ0n) is 16.9. The van der Waals surface area contributed by atoms with Crippen LogP contribution in [0, 0.1) is 5.82 Å². The Kier molecular flexibility index (Phi) is 6.87. The summed E-state index contributed by atoms with van der Waals surface area (Å²) >= 11 is 0. The molecular formula is C24H22FNO4S. The van der Waals surface area contributed by atoms with Gasteiger partial charge >= 0.3 is 5.97 Å². The van der Waals surface area contributed by atoms with Crippen molar-refractivity contribution in [3.8, 4) is 0 Å². The first-order valence-electron chi connectivity index (χ1n) is 9.58. The minimum absolute atomic E-state index is 0.0397. The Balaban J connectivity index is 1.86. The molecule has 5 nitrogen and oxygen atoms in total. The molecule has 0 fully saturated rings. The van der Waals surface area contributed by atoms with Gasteiger partial charge in [0.2, 0.25) is 0 Å². The molecule has 31 heavy (non-hydrogen) atoms. The molecule has 1 atom stereocenters. The molecule has 0 saturated carbocycles. The van der Waals surface area contributed by atoms with Gasteiger partial charge in [0.1, 0.15) is 11.9 Å². The zero-order chi connectivity index (χ0) is 22.4. The average molecular weight is 440 g/mol. The fourth-order valence-electron chi connectivity index (χ4n) is 3.00. The lowest BCUT2D eigenvalue weighted by molar-refractivity contribution is 0.0337. The summed E-state index contributed by atoms with van der Waals surface area (Å²) in [5.41, 5.74) is 1.21. The lowest BCUT2D eigenvalue weighted by Gasteiger charge is -2.23. The van der Waals surface area contributed by atoms with Crippen molar-refractivity contribution in [3.05, 3.63) is 108 Å². The second-order valence-electron chi connectivity index (χ2n) is 6.79. The maximum absolute atomic E-state index is 13.3. The number of sulfonamides is 1. The Morgan fingerprint density at radius 1 is 1.06 bits per heavy atom. The predicted molar refractivity (Wildman–Crippen MR) is 118 cm³/mol. The van der Waals surface area contributed by atoms with Crippen LogP contribution in [-0.2, 0) is 14.8 Å². The molecule has 3 aromatic rings. The Bertz CT molecular complexity index is 1160. The van der Waals surface area contributed by atoms with Crippen LogP contribution in [0.4, 0.5) is 10.1 Å². The maximum atomic E-state index is 13.3. The van der Waals surface area contributed by atoms with Gasteiger partial charge in [-0.05, 0) is 55.0 Å². The molecule has 0 amide bonds. The molecule has 0 aliphatic carbocycles. The largest absolute Gasteiger partial charge is 0.454 e. The molecule has 0 radical (unpaired) electrons. The number of nitrogens with zero attached hydrogens (tertiary/aromatic N) is 1. The van der Waals surface area contributed by atoms with Crippen LogP contribution in [0.1, 0.15) is 28.9 Å². The van der Waals surface area contributed by atoms with E-state index in [4.69, 9.17) is 4.74 Å². The van der Waals surface area contributed by atoms with E-state index in [-0.39, 0.29) is 22.8 Å². The number of carbonyl (C=O) groups is 1. The minimum atomic E-state index is -3.95. The van der Waals surface area contributed by atoms with Crippen molar-refractivity contribution in [2.45, 2.75) is 17.9 Å². The van der Waals surface area contributed by atoms with Crippen molar-refractivity contribution in [1.82, 2.24) is 0 Å². The second-order valence-corrected chi connectivity index (χ2v) is 8.65. The maximum Gasteiger partial charge on any atom is 0.338 e. The highest BCUT2D eigenvalue weighted by atomic mass is 32.2. The quantitative estimate of drug-likeness (QED) is 0.361. The van der Waals surface area contributed by atoms with E-state index in [1.165, 1.54) is 58.9 Å². The molecule has 0 aromatic heterocycles. The molecule has 0 saturated heterocycles. The van der Waals surface area contributed by atoms with Crippen LogP contribution in [0.5, 0.6) is 0 Å². The standard InChI is InChI=1S/C24H22FNO4S/c1-3-16-26(22-9-5-4-6-10-22)31(28,29)23-11-7-8-20(17-23)24(27)30-18(2)19-12-14-21(25)15-13-19/h3-15,17-18H,1,16H2,2H3. The third-order valence-electron chi connectivity index (χ3n) is 4.62. The second kappa shape index (κ2) is 9.57. The number of rotatable bonds is 8. The molecule has 0 aliphatic heterocycles. The molecule has 0 bridgehead atoms. The zero-order valence-corrected chi connectivity index (χ0v) is 17.8. The predicted octanol–water partition coefficient (Wildman–Crippen LogP) is 5.13. The normalized spacial score (nSPS) is 12.1. The Hall–Kier alpha value is -3.45. The summed E-state index contributed by atoms with van der Waals surface area (Å²) in [5.74, 6) is -1.06. The van der Waals surface area contributed by atoms with Gasteiger partial charge in [-0.3, -0.25) is 4.31 Å². The summed E-state index contributed by atoms with van der Waals surface area (Å²) in [7, 11) is -3.95. The number of carbonyl (C=O) groups excluding carboxylic acids is 1. The van der Waals surface area contributed by atoms with E-state index in [9.17, 15) is 17.6 Å². The summed E-state index contributed by atoms with van der Waals surface area (Å²) in [5, 5.41) is 0. The van der Waals surface area contributed by atoms with E-state index in [2.05, 4.69) is 6.58 Å². The van der Waals surface area contributed by atoms with Gasteiger partial charge in [0.25, 0.3) is 10.0 Å². The number of hydrogen-bond donors (Lipinski definition) is 0. The van der Waals surface area contributed by atoms with Crippen molar-refractivity contribution < 1.29 is 22.3 Å². The molecule has 3 rings (SSSR count). The summed E-state index contributed by atoms with van der Waals surface area (Å²) in [6.45, 7) is 5.37.